The summed E-state index contributed by atoms with van der Waals surface area (Å²) in [5.41, 5.74) is -0.138. The molecule has 0 aliphatic carbocycles. The van der Waals surface area contributed by atoms with Gasteiger partial charge in [-0.05, 0) is 12.1 Å². The fourth-order valence-corrected chi connectivity index (χ4v) is 1.32. The van der Waals surface area contributed by atoms with Gasteiger partial charge in [0.2, 0.25) is 5.91 Å². The number of phenols is 1. The molecular formula is C11H14FNO4. The maximum absolute atomic E-state index is 13.3. The number of amides is 1. The van der Waals surface area contributed by atoms with Gasteiger partial charge in [0.15, 0.2) is 0 Å². The zero-order valence-electron chi connectivity index (χ0n) is 9.22. The van der Waals surface area contributed by atoms with Crippen LogP contribution in [0.5, 0.6) is 5.75 Å². The van der Waals surface area contributed by atoms with E-state index in [-0.39, 0.29) is 23.8 Å². The van der Waals surface area contributed by atoms with Crippen LogP contribution in [0.2, 0.25) is 0 Å². The Bertz CT molecular complexity index is 410. The number of hydrogen-bond acceptors (Lipinski definition) is 4. The number of hydrogen-bond donors (Lipinski definition) is 4. The SMILES string of the molecule is CC(=O)NCC(O)C(O)c1ccc(O)cc1F. The monoisotopic (exact) mass is 243 g/mol. The van der Waals surface area contributed by atoms with Crippen LogP contribution in [-0.4, -0.2) is 33.9 Å². The molecule has 1 aromatic rings. The van der Waals surface area contributed by atoms with Gasteiger partial charge >= 0.3 is 0 Å². The van der Waals surface area contributed by atoms with Crippen molar-refractivity contribution >= 4 is 5.91 Å². The summed E-state index contributed by atoms with van der Waals surface area (Å²) >= 11 is 0. The van der Waals surface area contributed by atoms with Gasteiger partial charge in [0.05, 0.1) is 0 Å². The first-order valence-corrected chi connectivity index (χ1v) is 5.00. The zero-order chi connectivity index (χ0) is 13.0. The highest BCUT2D eigenvalue weighted by Gasteiger charge is 2.21. The second kappa shape index (κ2) is 5.60. The topological polar surface area (TPSA) is 89.8 Å². The molecule has 4 N–H and O–H groups in total. The molecule has 0 saturated carbocycles. The number of carbonyl (C=O) groups excluding carboxylic acids is 1. The van der Waals surface area contributed by atoms with Gasteiger partial charge < -0.3 is 20.6 Å². The second-order valence-electron chi connectivity index (χ2n) is 3.66. The van der Waals surface area contributed by atoms with Crippen molar-refractivity contribution in [3.8, 4) is 5.75 Å². The molecule has 94 valence electrons. The van der Waals surface area contributed by atoms with Gasteiger partial charge in [-0.3, -0.25) is 4.79 Å². The molecule has 0 aliphatic rings. The van der Waals surface area contributed by atoms with Gasteiger partial charge in [-0.1, -0.05) is 0 Å². The second-order valence-corrected chi connectivity index (χ2v) is 3.66. The Labute approximate surface area is 97.5 Å². The maximum Gasteiger partial charge on any atom is 0.216 e. The fourth-order valence-electron chi connectivity index (χ4n) is 1.32. The van der Waals surface area contributed by atoms with E-state index in [0.717, 1.165) is 6.07 Å². The number of aliphatic hydroxyl groups excluding tert-OH is 2. The van der Waals surface area contributed by atoms with E-state index in [1.165, 1.54) is 19.1 Å². The average molecular weight is 243 g/mol. The van der Waals surface area contributed by atoms with E-state index in [1.807, 2.05) is 0 Å². The van der Waals surface area contributed by atoms with E-state index in [4.69, 9.17) is 5.11 Å². The van der Waals surface area contributed by atoms with E-state index < -0.39 is 18.0 Å². The predicted molar refractivity (Wildman–Crippen MR) is 57.7 cm³/mol. The fraction of sp³-hybridized carbons (Fsp3) is 0.364. The third-order valence-corrected chi connectivity index (χ3v) is 2.23. The molecule has 0 aromatic heterocycles. The summed E-state index contributed by atoms with van der Waals surface area (Å²) in [7, 11) is 0. The van der Waals surface area contributed by atoms with E-state index >= 15 is 0 Å². The highest BCUT2D eigenvalue weighted by atomic mass is 19.1. The van der Waals surface area contributed by atoms with Crippen molar-refractivity contribution in [2.45, 2.75) is 19.1 Å². The molecule has 5 nitrogen and oxygen atoms in total. The third-order valence-electron chi connectivity index (χ3n) is 2.23. The molecule has 2 atom stereocenters. The first-order valence-electron chi connectivity index (χ1n) is 5.00. The first-order chi connectivity index (χ1) is 7.91. The summed E-state index contributed by atoms with van der Waals surface area (Å²) in [4.78, 5) is 10.6. The van der Waals surface area contributed by atoms with E-state index in [9.17, 15) is 19.4 Å². The average Bonchev–Trinajstić information content (AvgIpc) is 2.25. The normalized spacial score (nSPS) is 14.1. The predicted octanol–water partition coefficient (Wildman–Crippen LogP) is 0.0617. The maximum atomic E-state index is 13.3. The van der Waals surface area contributed by atoms with Crippen molar-refractivity contribution in [1.82, 2.24) is 5.32 Å². The molecule has 1 amide bonds. The van der Waals surface area contributed by atoms with Crippen molar-refractivity contribution in [3.63, 3.8) is 0 Å². The Morgan fingerprint density at radius 2 is 2.12 bits per heavy atom. The lowest BCUT2D eigenvalue weighted by molar-refractivity contribution is -0.119. The van der Waals surface area contributed by atoms with Gasteiger partial charge in [-0.25, -0.2) is 4.39 Å². The molecular weight excluding hydrogens is 229 g/mol. The molecule has 1 rings (SSSR count). The van der Waals surface area contributed by atoms with Gasteiger partial charge in [-0.2, -0.15) is 0 Å². The quantitative estimate of drug-likeness (QED) is 0.602. The summed E-state index contributed by atoms with van der Waals surface area (Å²) in [6.07, 6.45) is -2.79. The molecule has 6 heteroatoms. The van der Waals surface area contributed by atoms with Crippen molar-refractivity contribution in [3.05, 3.63) is 29.6 Å². The van der Waals surface area contributed by atoms with Crippen LogP contribution >= 0.6 is 0 Å². The zero-order valence-corrected chi connectivity index (χ0v) is 9.22. The van der Waals surface area contributed by atoms with Crippen molar-refractivity contribution < 1.29 is 24.5 Å². The largest absolute Gasteiger partial charge is 0.508 e. The highest BCUT2D eigenvalue weighted by molar-refractivity contribution is 5.72. The van der Waals surface area contributed by atoms with Crippen LogP contribution in [0.3, 0.4) is 0 Å². The number of halogens is 1. The van der Waals surface area contributed by atoms with E-state index in [1.54, 1.807) is 0 Å². The number of carbonyl (C=O) groups is 1. The van der Waals surface area contributed by atoms with Crippen LogP contribution in [0.15, 0.2) is 18.2 Å². The minimum Gasteiger partial charge on any atom is -0.508 e. The van der Waals surface area contributed by atoms with Crippen molar-refractivity contribution in [2.75, 3.05) is 6.54 Å². The van der Waals surface area contributed by atoms with Gasteiger partial charge in [0, 0.05) is 25.1 Å². The molecule has 1 aromatic carbocycles. The standard InChI is InChI=1S/C11H14FNO4/c1-6(14)13-5-10(16)11(17)8-3-2-7(15)4-9(8)12/h2-4,10-11,15-17H,5H2,1H3,(H,13,14). The van der Waals surface area contributed by atoms with Crippen molar-refractivity contribution in [1.29, 1.82) is 0 Å². The smallest absolute Gasteiger partial charge is 0.216 e. The minimum atomic E-state index is -1.47. The molecule has 0 spiro atoms. The number of nitrogens with one attached hydrogen (secondary N) is 1. The lowest BCUT2D eigenvalue weighted by Gasteiger charge is -2.18. The van der Waals surface area contributed by atoms with Crippen LogP contribution in [0.25, 0.3) is 0 Å². The summed E-state index contributed by atoms with van der Waals surface area (Å²) in [5.74, 6) is -1.45. The summed E-state index contributed by atoms with van der Waals surface area (Å²) in [6, 6.07) is 3.21. The van der Waals surface area contributed by atoms with E-state index in [2.05, 4.69) is 5.32 Å². The number of phenolic OH excluding ortho intramolecular Hbond substituents is 1. The molecule has 0 saturated heterocycles. The molecule has 0 fully saturated rings. The van der Waals surface area contributed by atoms with Gasteiger partial charge in [-0.15, -0.1) is 0 Å². The lowest BCUT2D eigenvalue weighted by atomic mass is 10.0. The lowest BCUT2D eigenvalue weighted by Crippen LogP contribution is -2.34. The van der Waals surface area contributed by atoms with Crippen LogP contribution in [0.4, 0.5) is 4.39 Å². The first kappa shape index (κ1) is 13.4. The van der Waals surface area contributed by atoms with Gasteiger partial charge in [0.25, 0.3) is 0 Å². The van der Waals surface area contributed by atoms with Crippen molar-refractivity contribution in [2.24, 2.45) is 0 Å². The molecule has 0 aliphatic heterocycles. The molecule has 17 heavy (non-hydrogen) atoms. The Morgan fingerprint density at radius 1 is 1.47 bits per heavy atom. The summed E-state index contributed by atoms with van der Waals surface area (Å²) in [5, 5.41) is 30.5. The molecule has 0 radical (unpaired) electrons. The Morgan fingerprint density at radius 3 is 2.65 bits per heavy atom. The van der Waals surface area contributed by atoms with Crippen LogP contribution in [0, 0.1) is 5.82 Å². The minimum absolute atomic E-state index is 0.138. The number of rotatable bonds is 4. The van der Waals surface area contributed by atoms with Crippen LogP contribution in [-0.2, 0) is 4.79 Å². The Balaban J connectivity index is 2.74. The summed E-state index contributed by atoms with van der Waals surface area (Å²) < 4.78 is 13.3. The van der Waals surface area contributed by atoms with Crippen LogP contribution < -0.4 is 5.32 Å². The Hall–Kier alpha value is -1.66. The van der Waals surface area contributed by atoms with Gasteiger partial charge in [0.1, 0.15) is 23.8 Å². The number of aliphatic hydroxyl groups is 2. The molecule has 0 heterocycles. The van der Waals surface area contributed by atoms with E-state index in [0.29, 0.717) is 0 Å². The molecule has 0 bridgehead atoms. The summed E-state index contributed by atoms with van der Waals surface area (Å²) in [6.45, 7) is 1.08. The third kappa shape index (κ3) is 3.69. The number of aromatic hydroxyl groups is 1. The number of benzene rings is 1. The molecule has 2 unspecified atom stereocenters. The van der Waals surface area contributed by atoms with Crippen LogP contribution in [0.1, 0.15) is 18.6 Å². The highest BCUT2D eigenvalue weighted by Crippen LogP contribution is 2.23. The Kier molecular flexibility index (Phi) is 4.42.